The van der Waals surface area contributed by atoms with Crippen molar-refractivity contribution in [3.8, 4) is 11.8 Å². The van der Waals surface area contributed by atoms with Crippen molar-refractivity contribution in [3.05, 3.63) is 62.2 Å². The molecule has 1 amide bonds. The fourth-order valence-electron chi connectivity index (χ4n) is 3.44. The number of nitrogens with zero attached hydrogens (tertiary/aromatic N) is 2. The summed E-state index contributed by atoms with van der Waals surface area (Å²) in [4.78, 5) is 12.9. The highest BCUT2D eigenvalue weighted by molar-refractivity contribution is 14.1. The van der Waals surface area contributed by atoms with Crippen LogP contribution in [0.15, 0.2) is 42.5 Å². The van der Waals surface area contributed by atoms with Gasteiger partial charge in [0.15, 0.2) is 0 Å². The lowest BCUT2D eigenvalue weighted by Gasteiger charge is -2.37. The quantitative estimate of drug-likeness (QED) is 0.606. The first-order chi connectivity index (χ1) is 13.0. The first kappa shape index (κ1) is 19.8. The van der Waals surface area contributed by atoms with Crippen molar-refractivity contribution in [2.45, 2.75) is 12.3 Å². The van der Waals surface area contributed by atoms with Crippen molar-refractivity contribution in [2.75, 3.05) is 19.7 Å². The average molecular weight is 497 g/mol. The summed E-state index contributed by atoms with van der Waals surface area (Å²) in [5.41, 5.74) is 1.61. The lowest BCUT2D eigenvalue weighted by molar-refractivity contribution is 0.0937. The van der Waals surface area contributed by atoms with Gasteiger partial charge in [0.1, 0.15) is 11.8 Å². The number of hydrogen-bond donors (Lipinski definition) is 1. The normalized spacial score (nSPS) is 19.4. The standard InChI is InChI=1S/C20H18ClIN2O3/c21-16-3-1-13(2-4-16)18-7-8-24(20(25)26)11-15(18)12-27-19-6-5-17(22)9-14(19)10-23/h1-6,9,15,18H,7-8,11-12H2,(H,25,26)/t15-,18-/m1/s1. The van der Waals surface area contributed by atoms with Crippen LogP contribution in [0.25, 0.3) is 0 Å². The van der Waals surface area contributed by atoms with Crippen molar-refractivity contribution in [1.82, 2.24) is 4.90 Å². The number of rotatable bonds is 4. The second-order valence-electron chi connectivity index (χ2n) is 6.50. The molecule has 5 nitrogen and oxygen atoms in total. The summed E-state index contributed by atoms with van der Waals surface area (Å²) >= 11 is 8.15. The van der Waals surface area contributed by atoms with E-state index in [4.69, 9.17) is 16.3 Å². The molecule has 2 aromatic rings. The summed E-state index contributed by atoms with van der Waals surface area (Å²) in [7, 11) is 0. The zero-order valence-corrected chi connectivity index (χ0v) is 17.4. The van der Waals surface area contributed by atoms with E-state index in [0.29, 0.717) is 36.0 Å². The van der Waals surface area contributed by atoms with Crippen LogP contribution in [-0.2, 0) is 0 Å². The monoisotopic (exact) mass is 496 g/mol. The second kappa shape index (κ2) is 8.81. The van der Waals surface area contributed by atoms with Crippen molar-refractivity contribution < 1.29 is 14.6 Å². The van der Waals surface area contributed by atoms with Gasteiger partial charge in [0.2, 0.25) is 0 Å². The first-order valence-electron chi connectivity index (χ1n) is 8.53. The van der Waals surface area contributed by atoms with E-state index in [1.807, 2.05) is 30.3 Å². The van der Waals surface area contributed by atoms with Crippen LogP contribution in [-0.4, -0.2) is 35.8 Å². The molecule has 0 spiro atoms. The molecule has 0 aromatic heterocycles. The number of piperidine rings is 1. The molecule has 3 rings (SSSR count). The van der Waals surface area contributed by atoms with E-state index in [-0.39, 0.29) is 11.8 Å². The fourth-order valence-corrected chi connectivity index (χ4v) is 4.05. The zero-order chi connectivity index (χ0) is 19.4. The smallest absolute Gasteiger partial charge is 0.407 e. The van der Waals surface area contributed by atoms with Crippen molar-refractivity contribution in [3.63, 3.8) is 0 Å². The van der Waals surface area contributed by atoms with Crippen LogP contribution in [0.5, 0.6) is 5.75 Å². The third-order valence-corrected chi connectivity index (χ3v) is 5.74. The summed E-state index contributed by atoms with van der Waals surface area (Å²) in [6, 6.07) is 15.3. The topological polar surface area (TPSA) is 73.6 Å². The molecule has 27 heavy (non-hydrogen) atoms. The molecule has 1 heterocycles. The number of benzene rings is 2. The van der Waals surface area contributed by atoms with E-state index in [0.717, 1.165) is 15.6 Å². The van der Waals surface area contributed by atoms with Crippen molar-refractivity contribution in [2.24, 2.45) is 5.92 Å². The molecule has 1 aliphatic heterocycles. The first-order valence-corrected chi connectivity index (χ1v) is 9.99. The van der Waals surface area contributed by atoms with Gasteiger partial charge in [-0.3, -0.25) is 0 Å². The summed E-state index contributed by atoms with van der Waals surface area (Å²) in [6.07, 6.45) is -0.193. The number of hydrogen-bond acceptors (Lipinski definition) is 3. The van der Waals surface area contributed by atoms with Crippen LogP contribution >= 0.6 is 34.2 Å². The molecule has 140 valence electrons. The molecule has 1 N–H and O–H groups in total. The summed E-state index contributed by atoms with van der Waals surface area (Å²) < 4.78 is 6.92. The average Bonchev–Trinajstić information content (AvgIpc) is 2.67. The molecule has 2 atom stereocenters. The van der Waals surface area contributed by atoms with E-state index < -0.39 is 6.09 Å². The number of nitriles is 1. The Labute approximate surface area is 176 Å². The molecule has 7 heteroatoms. The molecule has 0 radical (unpaired) electrons. The van der Waals surface area contributed by atoms with Crippen LogP contribution in [0, 0.1) is 20.8 Å². The van der Waals surface area contributed by atoms with E-state index in [1.165, 1.54) is 4.90 Å². The van der Waals surface area contributed by atoms with Gasteiger partial charge in [-0.25, -0.2) is 4.79 Å². The summed E-state index contributed by atoms with van der Waals surface area (Å²) in [6.45, 7) is 1.23. The van der Waals surface area contributed by atoms with E-state index >= 15 is 0 Å². The molecule has 0 aliphatic carbocycles. The van der Waals surface area contributed by atoms with Crippen molar-refractivity contribution in [1.29, 1.82) is 5.26 Å². The lowest BCUT2D eigenvalue weighted by Crippen LogP contribution is -2.44. The van der Waals surface area contributed by atoms with Gasteiger partial charge in [-0.05, 0) is 70.8 Å². The third kappa shape index (κ3) is 4.85. The number of halogens is 2. The van der Waals surface area contributed by atoms with E-state index in [2.05, 4.69) is 28.7 Å². The maximum atomic E-state index is 11.4. The van der Waals surface area contributed by atoms with Crippen molar-refractivity contribution >= 4 is 40.3 Å². The Balaban J connectivity index is 1.80. The van der Waals surface area contributed by atoms with Gasteiger partial charge < -0.3 is 14.7 Å². The van der Waals surface area contributed by atoms with Crippen LogP contribution in [0.1, 0.15) is 23.5 Å². The second-order valence-corrected chi connectivity index (χ2v) is 8.18. The largest absolute Gasteiger partial charge is 0.492 e. The van der Waals surface area contributed by atoms with Gasteiger partial charge in [0.05, 0.1) is 12.2 Å². The summed E-state index contributed by atoms with van der Waals surface area (Å²) in [5, 5.41) is 19.4. The maximum absolute atomic E-state index is 11.4. The number of carboxylic acid groups (broad SMARTS) is 1. The molecule has 2 aromatic carbocycles. The van der Waals surface area contributed by atoms with Gasteiger partial charge >= 0.3 is 6.09 Å². The van der Waals surface area contributed by atoms with Crippen LogP contribution < -0.4 is 4.74 Å². The molecule has 1 aliphatic rings. The number of ether oxygens (including phenoxy) is 1. The molecule has 0 saturated carbocycles. The Morgan fingerprint density at radius 2 is 2.07 bits per heavy atom. The van der Waals surface area contributed by atoms with E-state index in [1.54, 1.807) is 12.1 Å². The molecular weight excluding hydrogens is 479 g/mol. The molecule has 1 fully saturated rings. The Kier molecular flexibility index (Phi) is 6.45. The summed E-state index contributed by atoms with van der Waals surface area (Å²) in [5.74, 6) is 0.689. The Morgan fingerprint density at radius 3 is 2.74 bits per heavy atom. The predicted molar refractivity (Wildman–Crippen MR) is 111 cm³/mol. The van der Waals surface area contributed by atoms with Gasteiger partial charge in [-0.15, -0.1) is 0 Å². The SMILES string of the molecule is N#Cc1cc(I)ccc1OC[C@H]1CN(C(=O)O)CC[C@@H]1c1ccc(Cl)cc1. The van der Waals surface area contributed by atoms with Crippen LogP contribution in [0.2, 0.25) is 5.02 Å². The van der Waals surface area contributed by atoms with E-state index in [9.17, 15) is 15.2 Å². The molecule has 0 unspecified atom stereocenters. The maximum Gasteiger partial charge on any atom is 0.407 e. The Hall–Kier alpha value is -1.98. The minimum Gasteiger partial charge on any atom is -0.492 e. The highest BCUT2D eigenvalue weighted by atomic mass is 127. The highest BCUT2D eigenvalue weighted by Crippen LogP contribution is 2.34. The minimum absolute atomic E-state index is 0.0122. The number of likely N-dealkylation sites (tertiary alicyclic amines) is 1. The molecule has 1 saturated heterocycles. The third-order valence-electron chi connectivity index (χ3n) is 4.82. The Morgan fingerprint density at radius 1 is 1.33 bits per heavy atom. The van der Waals surface area contributed by atoms with Crippen LogP contribution in [0.4, 0.5) is 4.79 Å². The van der Waals surface area contributed by atoms with Crippen LogP contribution in [0.3, 0.4) is 0 Å². The number of amides is 1. The van der Waals surface area contributed by atoms with Gasteiger partial charge in [-0.1, -0.05) is 23.7 Å². The Bertz CT molecular complexity index is 867. The molecule has 0 bridgehead atoms. The lowest BCUT2D eigenvalue weighted by atomic mass is 9.81. The van der Waals surface area contributed by atoms with Gasteiger partial charge in [0, 0.05) is 27.6 Å². The van der Waals surface area contributed by atoms with Gasteiger partial charge in [0.25, 0.3) is 0 Å². The minimum atomic E-state index is -0.915. The zero-order valence-electron chi connectivity index (χ0n) is 14.4. The fraction of sp³-hybridized carbons (Fsp3) is 0.300. The highest BCUT2D eigenvalue weighted by Gasteiger charge is 2.33. The van der Waals surface area contributed by atoms with Gasteiger partial charge in [-0.2, -0.15) is 5.26 Å². The molecular formula is C20H18ClIN2O3. The predicted octanol–water partition coefficient (Wildman–Crippen LogP) is 4.98. The number of carbonyl (C=O) groups is 1.